The van der Waals surface area contributed by atoms with Crippen LogP contribution in [0.1, 0.15) is 12.5 Å². The maximum absolute atomic E-state index is 8.99. The van der Waals surface area contributed by atoms with E-state index >= 15 is 0 Å². The Morgan fingerprint density at radius 1 is 1.55 bits per heavy atom. The van der Waals surface area contributed by atoms with Gasteiger partial charge in [-0.05, 0) is 25.0 Å². The lowest BCUT2D eigenvalue weighted by Gasteiger charge is -2.02. The molecule has 0 radical (unpaired) electrons. The van der Waals surface area contributed by atoms with Gasteiger partial charge in [-0.25, -0.2) is 0 Å². The summed E-state index contributed by atoms with van der Waals surface area (Å²) in [6.07, 6.45) is 3.14. The minimum Gasteiger partial charge on any atom is -0.506 e. The topological polar surface area (TPSA) is 53.4 Å². The van der Waals surface area contributed by atoms with Crippen LogP contribution < -0.4 is 0 Å². The molecule has 1 atom stereocenters. The molecule has 0 amide bonds. The molecule has 3 heteroatoms. The van der Waals surface area contributed by atoms with Gasteiger partial charge in [0, 0.05) is 6.20 Å². The molecule has 1 aromatic heterocycles. The summed E-state index contributed by atoms with van der Waals surface area (Å²) in [5.41, 5.74) is 0.847. The predicted octanol–water partition coefficient (Wildman–Crippen LogP) is 0.710. The summed E-state index contributed by atoms with van der Waals surface area (Å²) in [4.78, 5) is 3.78. The molecule has 0 saturated heterocycles. The first-order chi connectivity index (χ1) is 5.18. The van der Waals surface area contributed by atoms with E-state index in [9.17, 15) is 0 Å². The third-order valence-electron chi connectivity index (χ3n) is 1.31. The van der Waals surface area contributed by atoms with Gasteiger partial charge in [0.25, 0.3) is 0 Å². The Morgan fingerprint density at radius 2 is 2.27 bits per heavy atom. The van der Waals surface area contributed by atoms with Crippen molar-refractivity contribution in [2.24, 2.45) is 0 Å². The molecule has 0 saturated carbocycles. The van der Waals surface area contributed by atoms with Gasteiger partial charge >= 0.3 is 0 Å². The number of aliphatic hydroxyl groups excluding tert-OH is 1. The fourth-order valence-electron chi connectivity index (χ4n) is 0.927. The van der Waals surface area contributed by atoms with Crippen molar-refractivity contribution in [3.05, 3.63) is 24.0 Å². The number of rotatable bonds is 2. The van der Waals surface area contributed by atoms with Gasteiger partial charge in [0.1, 0.15) is 5.75 Å². The van der Waals surface area contributed by atoms with Crippen LogP contribution in [0.2, 0.25) is 0 Å². The van der Waals surface area contributed by atoms with Crippen molar-refractivity contribution in [1.29, 1.82) is 0 Å². The molecule has 1 heterocycles. The van der Waals surface area contributed by atoms with E-state index in [-0.39, 0.29) is 5.75 Å². The first kappa shape index (κ1) is 8.01. The number of hydrogen-bond donors (Lipinski definition) is 2. The Bertz CT molecular complexity index is 235. The van der Waals surface area contributed by atoms with Gasteiger partial charge in [0.05, 0.1) is 12.3 Å². The molecule has 0 aliphatic rings. The number of pyridine rings is 1. The van der Waals surface area contributed by atoms with Crippen LogP contribution in [0.25, 0.3) is 0 Å². The predicted molar refractivity (Wildman–Crippen MR) is 41.3 cm³/mol. The molecule has 11 heavy (non-hydrogen) atoms. The minimum absolute atomic E-state index is 0.142. The van der Waals surface area contributed by atoms with Crippen LogP contribution in [0.3, 0.4) is 0 Å². The average Bonchev–Trinajstić information content (AvgIpc) is 1.85. The highest BCUT2D eigenvalue weighted by Crippen LogP contribution is 2.09. The van der Waals surface area contributed by atoms with Crippen LogP contribution in [0, 0.1) is 0 Å². The van der Waals surface area contributed by atoms with Crippen LogP contribution in [0.4, 0.5) is 0 Å². The highest BCUT2D eigenvalue weighted by molar-refractivity contribution is 5.22. The Hall–Kier alpha value is -1.09. The summed E-state index contributed by atoms with van der Waals surface area (Å²) in [6, 6.07) is 1.60. The minimum atomic E-state index is -0.390. The summed E-state index contributed by atoms with van der Waals surface area (Å²) in [5, 5.41) is 18.0. The monoisotopic (exact) mass is 153 g/mol. The Kier molecular flexibility index (Phi) is 2.44. The normalized spacial score (nSPS) is 12.9. The first-order valence-electron chi connectivity index (χ1n) is 3.49. The van der Waals surface area contributed by atoms with E-state index in [4.69, 9.17) is 10.2 Å². The summed E-state index contributed by atoms with van der Waals surface area (Å²) in [6.45, 7) is 1.70. The third kappa shape index (κ3) is 2.55. The molecule has 1 rings (SSSR count). The van der Waals surface area contributed by atoms with E-state index in [2.05, 4.69) is 4.98 Å². The summed E-state index contributed by atoms with van der Waals surface area (Å²) in [5.74, 6) is 0.142. The second kappa shape index (κ2) is 3.34. The molecule has 60 valence electrons. The lowest BCUT2D eigenvalue weighted by molar-refractivity contribution is 0.195. The zero-order valence-corrected chi connectivity index (χ0v) is 6.36. The van der Waals surface area contributed by atoms with E-state index in [1.807, 2.05) is 0 Å². The first-order valence-corrected chi connectivity index (χ1v) is 3.49. The van der Waals surface area contributed by atoms with Crippen molar-refractivity contribution in [3.8, 4) is 5.75 Å². The van der Waals surface area contributed by atoms with Crippen LogP contribution in [0.5, 0.6) is 5.75 Å². The molecule has 0 bridgehead atoms. The number of nitrogens with zero attached hydrogens (tertiary/aromatic N) is 1. The van der Waals surface area contributed by atoms with E-state index in [0.29, 0.717) is 6.42 Å². The zero-order valence-electron chi connectivity index (χ0n) is 6.36. The van der Waals surface area contributed by atoms with Gasteiger partial charge in [-0.1, -0.05) is 0 Å². The van der Waals surface area contributed by atoms with Crippen molar-refractivity contribution in [3.63, 3.8) is 0 Å². The van der Waals surface area contributed by atoms with E-state index < -0.39 is 6.10 Å². The molecular weight excluding hydrogens is 142 g/mol. The smallest absolute Gasteiger partial charge is 0.134 e. The van der Waals surface area contributed by atoms with E-state index in [1.54, 1.807) is 19.2 Å². The van der Waals surface area contributed by atoms with Gasteiger partial charge in [-0.15, -0.1) is 0 Å². The van der Waals surface area contributed by atoms with Crippen molar-refractivity contribution in [2.45, 2.75) is 19.4 Å². The van der Waals surface area contributed by atoms with Crippen LogP contribution >= 0.6 is 0 Å². The number of hydrogen-bond acceptors (Lipinski definition) is 3. The summed E-state index contributed by atoms with van der Waals surface area (Å²) >= 11 is 0. The summed E-state index contributed by atoms with van der Waals surface area (Å²) in [7, 11) is 0. The average molecular weight is 153 g/mol. The molecule has 1 unspecified atom stereocenters. The van der Waals surface area contributed by atoms with E-state index in [0.717, 1.165) is 5.56 Å². The number of aliphatic hydroxyl groups is 1. The molecule has 0 aliphatic heterocycles. The Morgan fingerprint density at radius 3 is 2.82 bits per heavy atom. The van der Waals surface area contributed by atoms with Gasteiger partial charge in [-0.3, -0.25) is 4.98 Å². The zero-order chi connectivity index (χ0) is 8.27. The van der Waals surface area contributed by atoms with Crippen molar-refractivity contribution >= 4 is 0 Å². The van der Waals surface area contributed by atoms with Crippen LogP contribution in [-0.2, 0) is 6.42 Å². The fourth-order valence-corrected chi connectivity index (χ4v) is 0.927. The molecule has 3 nitrogen and oxygen atoms in total. The van der Waals surface area contributed by atoms with Crippen molar-refractivity contribution < 1.29 is 10.2 Å². The van der Waals surface area contributed by atoms with E-state index in [1.165, 1.54) is 6.20 Å². The van der Waals surface area contributed by atoms with Gasteiger partial charge in [-0.2, -0.15) is 0 Å². The highest BCUT2D eigenvalue weighted by atomic mass is 16.3. The molecule has 2 N–H and O–H groups in total. The molecule has 0 spiro atoms. The third-order valence-corrected chi connectivity index (χ3v) is 1.31. The lowest BCUT2D eigenvalue weighted by Crippen LogP contribution is -2.03. The van der Waals surface area contributed by atoms with Crippen molar-refractivity contribution in [2.75, 3.05) is 0 Å². The second-order valence-electron chi connectivity index (χ2n) is 2.60. The SMILES string of the molecule is CC(O)Cc1cncc(O)c1. The molecule has 1 aromatic rings. The van der Waals surface area contributed by atoms with Gasteiger partial charge < -0.3 is 10.2 Å². The van der Waals surface area contributed by atoms with Gasteiger partial charge in [0.15, 0.2) is 0 Å². The van der Waals surface area contributed by atoms with Crippen LogP contribution in [0.15, 0.2) is 18.5 Å². The highest BCUT2D eigenvalue weighted by Gasteiger charge is 1.99. The maximum atomic E-state index is 8.99. The summed E-state index contributed by atoms with van der Waals surface area (Å²) < 4.78 is 0. The number of aromatic hydroxyl groups is 1. The van der Waals surface area contributed by atoms with Crippen LogP contribution in [-0.4, -0.2) is 21.3 Å². The fraction of sp³-hybridized carbons (Fsp3) is 0.375. The maximum Gasteiger partial charge on any atom is 0.134 e. The van der Waals surface area contributed by atoms with Crippen molar-refractivity contribution in [1.82, 2.24) is 4.98 Å². The standard InChI is InChI=1S/C8H11NO2/c1-6(10)2-7-3-8(11)5-9-4-7/h3-6,10-11H,2H2,1H3. The van der Waals surface area contributed by atoms with Gasteiger partial charge in [0.2, 0.25) is 0 Å². The lowest BCUT2D eigenvalue weighted by atomic mass is 10.1. The Labute approximate surface area is 65.3 Å². The molecule has 0 aromatic carbocycles. The number of aromatic nitrogens is 1. The molecule has 0 aliphatic carbocycles. The molecule has 0 fully saturated rings. The Balaban J connectivity index is 2.71. The second-order valence-corrected chi connectivity index (χ2v) is 2.60. The quantitative estimate of drug-likeness (QED) is 0.658. The molecular formula is C8H11NO2. The largest absolute Gasteiger partial charge is 0.506 e.